The Bertz CT molecular complexity index is 2380. The van der Waals surface area contributed by atoms with E-state index in [1.165, 1.54) is 32.7 Å². The van der Waals surface area contributed by atoms with Crippen LogP contribution in [0.3, 0.4) is 0 Å². The van der Waals surface area contributed by atoms with Gasteiger partial charge in [-0.1, -0.05) is 115 Å². The van der Waals surface area contributed by atoms with Gasteiger partial charge in [-0.15, -0.1) is 0 Å². The van der Waals surface area contributed by atoms with Gasteiger partial charge in [-0.25, -0.2) is 15.0 Å². The van der Waals surface area contributed by atoms with Gasteiger partial charge in [0.05, 0.1) is 0 Å². The van der Waals surface area contributed by atoms with Crippen molar-refractivity contribution in [1.82, 2.24) is 15.0 Å². The fraction of sp³-hybridized carbons (Fsp3) is 0.0976. The number of rotatable bonds is 4. The van der Waals surface area contributed by atoms with Crippen LogP contribution in [-0.4, -0.2) is 15.0 Å². The highest BCUT2D eigenvalue weighted by Gasteiger charge is 2.30. The molecule has 0 bridgehead atoms. The maximum atomic E-state index is 6.48. The number of furan rings is 1. The van der Waals surface area contributed by atoms with Crippen molar-refractivity contribution in [3.63, 3.8) is 0 Å². The zero-order chi connectivity index (χ0) is 29.7. The van der Waals surface area contributed by atoms with Crippen LogP contribution in [0.25, 0.3) is 60.6 Å². The second kappa shape index (κ2) is 10.5. The third kappa shape index (κ3) is 4.41. The van der Waals surface area contributed by atoms with Crippen LogP contribution >= 0.6 is 0 Å². The van der Waals surface area contributed by atoms with Gasteiger partial charge in [0.2, 0.25) is 0 Å². The van der Waals surface area contributed by atoms with Crippen LogP contribution < -0.4 is 0 Å². The number of para-hydroxylation sites is 1. The molecule has 2 heterocycles. The molecule has 5 aromatic carbocycles. The largest absolute Gasteiger partial charge is 0.460 e. The first kappa shape index (κ1) is 25.8. The van der Waals surface area contributed by atoms with Crippen molar-refractivity contribution in [1.29, 1.82) is 0 Å². The molecule has 0 saturated carbocycles. The Kier molecular flexibility index (Phi) is 6.05. The Hall–Kier alpha value is -5.61. The summed E-state index contributed by atoms with van der Waals surface area (Å²) in [6, 6.07) is 38.5. The Labute approximate surface area is 261 Å². The molecule has 0 radical (unpaired) electrons. The molecule has 7 aromatic rings. The zero-order valence-electron chi connectivity index (χ0n) is 24.7. The summed E-state index contributed by atoms with van der Waals surface area (Å²) in [6.45, 7) is 0. The average Bonchev–Trinajstić information content (AvgIpc) is 3.50. The first-order chi connectivity index (χ1) is 22.3. The molecule has 0 unspecified atom stereocenters. The molecule has 0 saturated heterocycles. The van der Waals surface area contributed by atoms with Crippen LogP contribution in [0.2, 0.25) is 0 Å². The fourth-order valence-corrected chi connectivity index (χ4v) is 6.93. The molecule has 0 atom stereocenters. The second-order valence-electron chi connectivity index (χ2n) is 11.8. The zero-order valence-corrected chi connectivity index (χ0v) is 24.7. The molecule has 2 aliphatic carbocycles. The molecule has 0 N–H and O–H groups in total. The third-order valence-corrected chi connectivity index (χ3v) is 9.11. The van der Waals surface area contributed by atoms with Crippen molar-refractivity contribution in [2.75, 3.05) is 0 Å². The smallest absolute Gasteiger partial charge is 0.165 e. The summed E-state index contributed by atoms with van der Waals surface area (Å²) >= 11 is 0. The quantitative estimate of drug-likeness (QED) is 0.195. The number of nitrogens with zero attached hydrogens (tertiary/aromatic N) is 3. The van der Waals surface area contributed by atoms with E-state index in [0.29, 0.717) is 11.6 Å². The lowest BCUT2D eigenvalue weighted by atomic mass is 9.83. The maximum Gasteiger partial charge on any atom is 0.165 e. The molecular formula is C41H29N3O. The van der Waals surface area contributed by atoms with Gasteiger partial charge in [0.15, 0.2) is 17.5 Å². The molecule has 4 nitrogen and oxygen atoms in total. The molecule has 4 heteroatoms. The Balaban J connectivity index is 1.34. The summed E-state index contributed by atoms with van der Waals surface area (Å²) in [5, 5.41) is 6.10. The van der Waals surface area contributed by atoms with Crippen molar-refractivity contribution < 1.29 is 4.42 Å². The molecular weight excluding hydrogens is 550 g/mol. The minimum atomic E-state index is 0.683. The highest BCUT2D eigenvalue weighted by Crippen LogP contribution is 2.45. The van der Waals surface area contributed by atoms with Crippen LogP contribution in [0.4, 0.5) is 0 Å². The first-order valence-corrected chi connectivity index (χ1v) is 15.6. The van der Waals surface area contributed by atoms with E-state index in [9.17, 15) is 0 Å². The fourth-order valence-electron chi connectivity index (χ4n) is 6.93. The van der Waals surface area contributed by atoms with Gasteiger partial charge in [-0.3, -0.25) is 0 Å². The second-order valence-corrected chi connectivity index (χ2v) is 11.8. The van der Waals surface area contributed by atoms with Crippen LogP contribution in [-0.2, 0) is 6.42 Å². The molecule has 0 aliphatic heterocycles. The number of aromatic nitrogens is 3. The van der Waals surface area contributed by atoms with Gasteiger partial charge >= 0.3 is 0 Å². The van der Waals surface area contributed by atoms with Crippen LogP contribution in [0.5, 0.6) is 0 Å². The lowest BCUT2D eigenvalue weighted by molar-refractivity contribution is 0.547. The van der Waals surface area contributed by atoms with Crippen molar-refractivity contribution in [2.24, 2.45) is 0 Å². The third-order valence-electron chi connectivity index (χ3n) is 9.11. The summed E-state index contributed by atoms with van der Waals surface area (Å²) in [5.74, 6) is 3.10. The van der Waals surface area contributed by atoms with E-state index >= 15 is 0 Å². The standard InChI is InChI=1S/C41H29N3O/c1-3-12-27(13-4-1)39-42-40(28-14-5-2-6-15-28)44-41(43-39)38-33(23-24-36-37(38)34-17-9-10-18-35(34)45-36)30-21-22-32-29(25-30)20-19-26-11-7-8-16-31(26)32/h1-5,7-14,16-22,25H,6,15,23-24H2. The van der Waals surface area contributed by atoms with E-state index in [-0.39, 0.29) is 0 Å². The van der Waals surface area contributed by atoms with E-state index in [1.54, 1.807) is 0 Å². The van der Waals surface area contributed by atoms with E-state index in [2.05, 4.69) is 103 Å². The van der Waals surface area contributed by atoms with Gasteiger partial charge in [-0.05, 0) is 69.6 Å². The van der Waals surface area contributed by atoms with Crippen molar-refractivity contribution in [2.45, 2.75) is 25.7 Å². The molecule has 214 valence electrons. The minimum Gasteiger partial charge on any atom is -0.460 e. The summed E-state index contributed by atoms with van der Waals surface area (Å²) in [7, 11) is 0. The summed E-state index contributed by atoms with van der Waals surface area (Å²) in [4.78, 5) is 15.5. The lowest BCUT2D eigenvalue weighted by Gasteiger charge is -2.22. The number of fused-ring (bicyclic) bond motifs is 6. The molecule has 9 rings (SSSR count). The predicted octanol–water partition coefficient (Wildman–Crippen LogP) is 10.2. The number of benzene rings is 5. The number of hydrogen-bond donors (Lipinski definition) is 0. The SMILES string of the molecule is C1=CCCC(c2nc(C3=C(c4ccc5c(ccc6ccccc65)c4)CCc4oc5ccccc5c43)nc(-c3ccccc3)n2)=C1. The van der Waals surface area contributed by atoms with Gasteiger partial charge in [-0.2, -0.15) is 0 Å². The topological polar surface area (TPSA) is 51.8 Å². The first-order valence-electron chi connectivity index (χ1n) is 15.6. The molecule has 45 heavy (non-hydrogen) atoms. The Morgan fingerprint density at radius 1 is 0.556 bits per heavy atom. The molecule has 2 aliphatic rings. The molecule has 0 spiro atoms. The summed E-state index contributed by atoms with van der Waals surface area (Å²) in [6.07, 6.45) is 9.96. The lowest BCUT2D eigenvalue weighted by Crippen LogP contribution is -2.11. The number of aryl methyl sites for hydroxylation is 1. The summed E-state index contributed by atoms with van der Waals surface area (Å²) < 4.78 is 6.48. The Morgan fingerprint density at radius 2 is 1.31 bits per heavy atom. The van der Waals surface area contributed by atoms with E-state index in [1.807, 2.05) is 24.3 Å². The number of allylic oxidation sites excluding steroid dienone is 5. The summed E-state index contributed by atoms with van der Waals surface area (Å²) in [5.41, 5.74) is 7.55. The van der Waals surface area contributed by atoms with Crippen LogP contribution in [0.1, 0.15) is 47.8 Å². The number of hydrogen-bond acceptors (Lipinski definition) is 4. The highest BCUT2D eigenvalue weighted by molar-refractivity contribution is 6.10. The Morgan fingerprint density at radius 3 is 2.20 bits per heavy atom. The monoisotopic (exact) mass is 579 g/mol. The minimum absolute atomic E-state index is 0.683. The molecule has 0 fully saturated rings. The van der Waals surface area contributed by atoms with Gasteiger partial charge in [0.1, 0.15) is 11.3 Å². The molecule has 0 amide bonds. The van der Waals surface area contributed by atoms with Crippen LogP contribution in [0.15, 0.2) is 132 Å². The van der Waals surface area contributed by atoms with Gasteiger partial charge in [0, 0.05) is 28.5 Å². The van der Waals surface area contributed by atoms with E-state index in [0.717, 1.165) is 70.5 Å². The average molecular weight is 580 g/mol. The molecule has 2 aromatic heterocycles. The highest BCUT2D eigenvalue weighted by atomic mass is 16.3. The van der Waals surface area contributed by atoms with Gasteiger partial charge < -0.3 is 4.42 Å². The normalized spacial score (nSPS) is 14.7. The van der Waals surface area contributed by atoms with Crippen LogP contribution in [0, 0.1) is 0 Å². The van der Waals surface area contributed by atoms with Crippen molar-refractivity contribution in [3.8, 4) is 11.4 Å². The van der Waals surface area contributed by atoms with E-state index < -0.39 is 0 Å². The van der Waals surface area contributed by atoms with Crippen molar-refractivity contribution >= 4 is 49.2 Å². The van der Waals surface area contributed by atoms with E-state index in [4.69, 9.17) is 19.4 Å². The predicted molar refractivity (Wildman–Crippen MR) is 184 cm³/mol. The maximum absolute atomic E-state index is 6.48. The van der Waals surface area contributed by atoms with Gasteiger partial charge in [0.25, 0.3) is 0 Å². The van der Waals surface area contributed by atoms with Crippen molar-refractivity contribution in [3.05, 3.63) is 156 Å².